The summed E-state index contributed by atoms with van der Waals surface area (Å²) in [6.07, 6.45) is 3.84. The highest BCUT2D eigenvalue weighted by molar-refractivity contribution is 5.86. The fraction of sp³-hybridized carbons (Fsp3) is 0.424. The average molecular weight is 592 g/mol. The highest BCUT2D eigenvalue weighted by atomic mass is 16.5. The molecular formula is C33H41N3O7. The summed E-state index contributed by atoms with van der Waals surface area (Å²) in [6, 6.07) is 9.60. The summed E-state index contributed by atoms with van der Waals surface area (Å²) in [5.41, 5.74) is 3.06. The van der Waals surface area contributed by atoms with E-state index < -0.39 is 12.1 Å². The molecule has 43 heavy (non-hydrogen) atoms. The predicted molar refractivity (Wildman–Crippen MR) is 165 cm³/mol. The standard InChI is InChI=1S/C33H41N3O7/c1-19(2)16-27(33(39)34-14-13-22-8-7-15-43-22)36-26-12-10-23-24(18-28(26)38)25(35-20(3)37)11-9-21-17-29(40-4)31(41-5)32(42-6)30(21)23/h7-8,10,12,15,17-19,25,27H,9,11,13-14,16H2,1-6H3,(H,34,39)(H,35,37)(H,36,38)/t25-,27+/m1/s1. The average Bonchev–Trinajstić information content (AvgIpc) is 3.39. The molecule has 0 bridgehead atoms. The number of fused-ring (bicyclic) bond motifs is 3. The SMILES string of the molecule is COc1cc2c(c(OC)c1OC)-c1ccc(N[C@@H](CC(C)C)C(=O)NCCc3ccco3)c(=O)cc1[C@H](NC(C)=O)CC2. The van der Waals surface area contributed by atoms with Crippen molar-refractivity contribution in [1.82, 2.24) is 10.6 Å². The zero-order valence-electron chi connectivity index (χ0n) is 25.7. The summed E-state index contributed by atoms with van der Waals surface area (Å²) in [5, 5.41) is 9.20. The third kappa shape index (κ3) is 7.31. The van der Waals surface area contributed by atoms with E-state index >= 15 is 0 Å². The van der Waals surface area contributed by atoms with Crippen LogP contribution in [0.2, 0.25) is 0 Å². The second-order valence-corrected chi connectivity index (χ2v) is 11.0. The van der Waals surface area contributed by atoms with Gasteiger partial charge < -0.3 is 34.6 Å². The molecular weight excluding hydrogens is 550 g/mol. The maximum Gasteiger partial charge on any atom is 0.242 e. The number of methoxy groups -OCH3 is 3. The van der Waals surface area contributed by atoms with E-state index in [1.54, 1.807) is 39.7 Å². The Morgan fingerprint density at radius 3 is 2.44 bits per heavy atom. The van der Waals surface area contributed by atoms with Gasteiger partial charge in [-0.15, -0.1) is 0 Å². The van der Waals surface area contributed by atoms with Gasteiger partial charge in [0.2, 0.25) is 23.0 Å². The van der Waals surface area contributed by atoms with E-state index in [2.05, 4.69) is 16.0 Å². The van der Waals surface area contributed by atoms with Gasteiger partial charge in [-0.2, -0.15) is 0 Å². The van der Waals surface area contributed by atoms with Gasteiger partial charge in [0.1, 0.15) is 11.8 Å². The first-order valence-corrected chi connectivity index (χ1v) is 14.5. The van der Waals surface area contributed by atoms with Crippen molar-refractivity contribution in [2.45, 2.75) is 58.5 Å². The number of furan rings is 1. The van der Waals surface area contributed by atoms with Gasteiger partial charge in [0.25, 0.3) is 0 Å². The van der Waals surface area contributed by atoms with Gasteiger partial charge in [0.05, 0.1) is 39.3 Å². The predicted octanol–water partition coefficient (Wildman–Crippen LogP) is 4.64. The largest absolute Gasteiger partial charge is 0.493 e. The van der Waals surface area contributed by atoms with Crippen LogP contribution in [0.5, 0.6) is 17.2 Å². The molecule has 3 N–H and O–H groups in total. The first-order chi connectivity index (χ1) is 20.7. The number of amides is 2. The number of hydrogen-bond acceptors (Lipinski definition) is 8. The zero-order chi connectivity index (χ0) is 31.1. The minimum atomic E-state index is -0.635. The van der Waals surface area contributed by atoms with Crippen LogP contribution in [0.4, 0.5) is 5.69 Å². The molecule has 1 aliphatic rings. The van der Waals surface area contributed by atoms with Crippen LogP contribution in [0.15, 0.2) is 51.9 Å². The van der Waals surface area contributed by atoms with Crippen LogP contribution in [0.1, 0.15) is 56.5 Å². The van der Waals surface area contributed by atoms with E-state index in [1.807, 2.05) is 38.1 Å². The number of carbonyl (C=O) groups excluding carboxylic acids is 2. The van der Waals surface area contributed by atoms with E-state index in [0.29, 0.717) is 55.0 Å². The Hall–Kier alpha value is -4.47. The Morgan fingerprint density at radius 1 is 1.05 bits per heavy atom. The number of carbonyl (C=O) groups is 2. The van der Waals surface area contributed by atoms with Crippen LogP contribution >= 0.6 is 0 Å². The second kappa shape index (κ2) is 14.1. The van der Waals surface area contributed by atoms with Crippen LogP contribution in [0.25, 0.3) is 11.1 Å². The number of anilines is 1. The van der Waals surface area contributed by atoms with Crippen LogP contribution < -0.4 is 35.6 Å². The van der Waals surface area contributed by atoms with Gasteiger partial charge in [0.15, 0.2) is 11.5 Å². The molecule has 1 heterocycles. The molecule has 2 aromatic carbocycles. The van der Waals surface area contributed by atoms with Gasteiger partial charge in [-0.3, -0.25) is 14.4 Å². The van der Waals surface area contributed by atoms with Crippen molar-refractivity contribution >= 4 is 17.5 Å². The van der Waals surface area contributed by atoms with E-state index in [-0.39, 0.29) is 28.8 Å². The minimum absolute atomic E-state index is 0.195. The van der Waals surface area contributed by atoms with Crippen LogP contribution in [0, 0.1) is 5.92 Å². The van der Waals surface area contributed by atoms with E-state index in [9.17, 15) is 14.4 Å². The number of ether oxygens (including phenoxy) is 3. The van der Waals surface area contributed by atoms with Crippen molar-refractivity contribution in [2.75, 3.05) is 33.2 Å². The lowest BCUT2D eigenvalue weighted by molar-refractivity contribution is -0.122. The van der Waals surface area contributed by atoms with Crippen molar-refractivity contribution in [3.05, 3.63) is 69.8 Å². The molecule has 2 amide bonds. The topological polar surface area (TPSA) is 128 Å². The van der Waals surface area contributed by atoms with Gasteiger partial charge in [-0.25, -0.2) is 0 Å². The first kappa shape index (κ1) is 31.5. The molecule has 1 aliphatic carbocycles. The van der Waals surface area contributed by atoms with E-state index in [1.165, 1.54) is 6.92 Å². The van der Waals surface area contributed by atoms with Crippen LogP contribution in [0.3, 0.4) is 0 Å². The molecule has 0 unspecified atom stereocenters. The first-order valence-electron chi connectivity index (χ1n) is 14.5. The van der Waals surface area contributed by atoms with Gasteiger partial charge in [0, 0.05) is 25.5 Å². The Morgan fingerprint density at radius 2 is 1.81 bits per heavy atom. The highest BCUT2D eigenvalue weighted by Gasteiger charge is 2.30. The lowest BCUT2D eigenvalue weighted by atomic mass is 9.95. The molecule has 4 rings (SSSR count). The van der Waals surface area contributed by atoms with E-state index in [4.69, 9.17) is 18.6 Å². The molecule has 230 valence electrons. The fourth-order valence-electron chi connectivity index (χ4n) is 5.60. The third-order valence-corrected chi connectivity index (χ3v) is 7.52. The van der Waals surface area contributed by atoms with Gasteiger partial charge >= 0.3 is 0 Å². The molecule has 0 aliphatic heterocycles. The fourth-order valence-corrected chi connectivity index (χ4v) is 5.60. The number of rotatable bonds is 12. The molecule has 0 spiro atoms. The molecule has 0 saturated carbocycles. The van der Waals surface area contributed by atoms with Crippen LogP contribution in [-0.4, -0.2) is 45.7 Å². The highest BCUT2D eigenvalue weighted by Crippen LogP contribution is 2.50. The summed E-state index contributed by atoms with van der Waals surface area (Å²) < 4.78 is 22.5. The maximum absolute atomic E-state index is 13.7. The van der Waals surface area contributed by atoms with Gasteiger partial charge in [-0.05, 0) is 72.2 Å². The van der Waals surface area contributed by atoms with Crippen molar-refractivity contribution in [3.63, 3.8) is 0 Å². The quantitative estimate of drug-likeness (QED) is 0.278. The van der Waals surface area contributed by atoms with Gasteiger partial charge in [-0.1, -0.05) is 19.9 Å². The lowest BCUT2D eigenvalue weighted by Gasteiger charge is -2.20. The Balaban J connectivity index is 1.78. The van der Waals surface area contributed by atoms with E-state index in [0.717, 1.165) is 22.5 Å². The number of aryl methyl sites for hydroxylation is 1. The molecule has 10 heteroatoms. The number of hydrogen-bond donors (Lipinski definition) is 3. The molecule has 1 aromatic heterocycles. The molecule has 0 radical (unpaired) electrons. The molecule has 2 atom stereocenters. The number of nitrogens with one attached hydrogen (secondary N) is 3. The summed E-state index contributed by atoms with van der Waals surface area (Å²) in [7, 11) is 4.67. The molecule has 0 saturated heterocycles. The third-order valence-electron chi connectivity index (χ3n) is 7.52. The van der Waals surface area contributed by atoms with Crippen molar-refractivity contribution in [1.29, 1.82) is 0 Å². The second-order valence-electron chi connectivity index (χ2n) is 11.0. The summed E-state index contributed by atoms with van der Waals surface area (Å²) in [4.78, 5) is 39.2. The zero-order valence-corrected chi connectivity index (χ0v) is 25.7. The molecule has 0 fully saturated rings. The Labute approximate surface area is 252 Å². The van der Waals surface area contributed by atoms with Crippen molar-refractivity contribution in [3.8, 4) is 28.4 Å². The number of benzene rings is 1. The molecule has 3 aromatic rings. The monoisotopic (exact) mass is 591 g/mol. The Bertz CT molecular complexity index is 1500. The Kier molecular flexibility index (Phi) is 10.3. The van der Waals surface area contributed by atoms with Crippen LogP contribution in [-0.2, 0) is 22.4 Å². The summed E-state index contributed by atoms with van der Waals surface area (Å²) >= 11 is 0. The lowest BCUT2D eigenvalue weighted by Crippen LogP contribution is -2.42. The normalized spacial score (nSPS) is 14.5. The molecule has 10 nitrogen and oxygen atoms in total. The maximum atomic E-state index is 13.7. The minimum Gasteiger partial charge on any atom is -0.493 e. The summed E-state index contributed by atoms with van der Waals surface area (Å²) in [6.45, 7) is 5.92. The smallest absolute Gasteiger partial charge is 0.242 e. The van der Waals surface area contributed by atoms with Crippen molar-refractivity contribution in [2.24, 2.45) is 5.92 Å². The summed E-state index contributed by atoms with van der Waals surface area (Å²) in [5.74, 6) is 2.01. The van der Waals surface area contributed by atoms with Crippen molar-refractivity contribution < 1.29 is 28.2 Å².